The predicted molar refractivity (Wildman–Crippen MR) is 65.9 cm³/mol. The lowest BCUT2D eigenvalue weighted by Crippen LogP contribution is -2.44. The maximum Gasteiger partial charge on any atom is 0.242 e. The third-order valence-corrected chi connectivity index (χ3v) is 2.60. The molecule has 1 saturated heterocycles. The molecular formula is C11H17N5O. The molecule has 1 aliphatic rings. The summed E-state index contributed by atoms with van der Waals surface area (Å²) in [6.07, 6.45) is 3.51. The van der Waals surface area contributed by atoms with Gasteiger partial charge in [0.2, 0.25) is 11.9 Å². The molecule has 6 nitrogen and oxygen atoms in total. The Bertz CT molecular complexity index is 395. The zero-order valence-corrected chi connectivity index (χ0v) is 9.86. The number of aromatic nitrogens is 2. The summed E-state index contributed by atoms with van der Waals surface area (Å²) in [6.45, 7) is 3.52. The number of nitrogens with one attached hydrogen (secondary N) is 3. The van der Waals surface area contributed by atoms with E-state index >= 15 is 0 Å². The first-order valence-corrected chi connectivity index (χ1v) is 5.90. The van der Waals surface area contributed by atoms with Crippen molar-refractivity contribution in [3.8, 4) is 0 Å². The maximum atomic E-state index is 11.6. The van der Waals surface area contributed by atoms with E-state index in [1.807, 2.05) is 6.92 Å². The van der Waals surface area contributed by atoms with Crippen LogP contribution in [0, 0.1) is 0 Å². The molecule has 1 atom stereocenters. The number of anilines is 2. The number of carbonyl (C=O) groups is 1. The second-order valence-electron chi connectivity index (χ2n) is 3.93. The van der Waals surface area contributed by atoms with Gasteiger partial charge in [0.15, 0.2) is 0 Å². The van der Waals surface area contributed by atoms with Crippen LogP contribution in [0.1, 0.15) is 19.8 Å². The average Bonchev–Trinajstić information content (AvgIpc) is 2.33. The molecule has 0 bridgehead atoms. The van der Waals surface area contributed by atoms with Crippen LogP contribution >= 0.6 is 0 Å². The average molecular weight is 235 g/mol. The number of nitrogens with zero attached hydrogens (tertiary/aromatic N) is 2. The van der Waals surface area contributed by atoms with E-state index in [9.17, 15) is 4.79 Å². The van der Waals surface area contributed by atoms with Gasteiger partial charge < -0.3 is 16.0 Å². The monoisotopic (exact) mass is 235 g/mol. The Hall–Kier alpha value is -1.85. The van der Waals surface area contributed by atoms with Gasteiger partial charge in [-0.1, -0.05) is 0 Å². The van der Waals surface area contributed by atoms with E-state index in [1.54, 1.807) is 12.3 Å². The van der Waals surface area contributed by atoms with E-state index in [0.717, 1.165) is 25.9 Å². The molecule has 0 aliphatic carbocycles. The minimum atomic E-state index is -0.187. The zero-order chi connectivity index (χ0) is 12.1. The van der Waals surface area contributed by atoms with E-state index in [1.165, 1.54) is 0 Å². The highest BCUT2D eigenvalue weighted by atomic mass is 16.2. The van der Waals surface area contributed by atoms with Gasteiger partial charge in [0.05, 0.1) is 0 Å². The lowest BCUT2D eigenvalue weighted by atomic mass is 10.1. The van der Waals surface area contributed by atoms with Gasteiger partial charge in [0, 0.05) is 19.3 Å². The molecule has 0 radical (unpaired) electrons. The molecule has 0 spiro atoms. The van der Waals surface area contributed by atoms with Crippen molar-refractivity contribution in [1.29, 1.82) is 0 Å². The Labute approximate surface area is 100 Å². The molecule has 2 rings (SSSR count). The molecule has 1 aromatic heterocycles. The van der Waals surface area contributed by atoms with E-state index < -0.39 is 0 Å². The molecule has 1 fully saturated rings. The fraction of sp³-hybridized carbons (Fsp3) is 0.545. The van der Waals surface area contributed by atoms with Crippen molar-refractivity contribution in [2.75, 3.05) is 23.7 Å². The summed E-state index contributed by atoms with van der Waals surface area (Å²) in [5.74, 6) is 1.30. The lowest BCUT2D eigenvalue weighted by Gasteiger charge is -2.23. The van der Waals surface area contributed by atoms with Gasteiger partial charge in [-0.3, -0.25) is 4.79 Å². The first-order valence-electron chi connectivity index (χ1n) is 5.90. The minimum absolute atomic E-state index is 0.0415. The number of hydrogen-bond acceptors (Lipinski definition) is 5. The van der Waals surface area contributed by atoms with Crippen LogP contribution in [0.15, 0.2) is 12.3 Å². The second kappa shape index (κ2) is 5.47. The molecule has 92 valence electrons. The third-order valence-electron chi connectivity index (χ3n) is 2.60. The molecule has 17 heavy (non-hydrogen) atoms. The smallest absolute Gasteiger partial charge is 0.242 e. The largest absolute Gasteiger partial charge is 0.358 e. The van der Waals surface area contributed by atoms with Crippen molar-refractivity contribution in [2.45, 2.75) is 25.8 Å². The summed E-state index contributed by atoms with van der Waals surface area (Å²) in [7, 11) is 0. The Morgan fingerprint density at radius 1 is 1.59 bits per heavy atom. The summed E-state index contributed by atoms with van der Waals surface area (Å²) in [6, 6.07) is 1.58. The van der Waals surface area contributed by atoms with Crippen molar-refractivity contribution in [3.05, 3.63) is 12.3 Å². The van der Waals surface area contributed by atoms with Crippen LogP contribution in [-0.2, 0) is 4.79 Å². The number of rotatable bonds is 4. The normalized spacial score (nSPS) is 19.6. The van der Waals surface area contributed by atoms with Crippen LogP contribution in [0.25, 0.3) is 0 Å². The van der Waals surface area contributed by atoms with Crippen molar-refractivity contribution >= 4 is 17.7 Å². The van der Waals surface area contributed by atoms with Crippen LogP contribution in [0.3, 0.4) is 0 Å². The molecule has 1 aliphatic heterocycles. The minimum Gasteiger partial charge on any atom is -0.358 e. The predicted octanol–water partition coefficient (Wildman–Crippen LogP) is 0.599. The van der Waals surface area contributed by atoms with Crippen molar-refractivity contribution in [1.82, 2.24) is 15.3 Å². The van der Waals surface area contributed by atoms with Crippen LogP contribution in [-0.4, -0.2) is 35.0 Å². The third kappa shape index (κ3) is 3.05. The van der Waals surface area contributed by atoms with Gasteiger partial charge in [-0.05, 0) is 25.8 Å². The highest BCUT2D eigenvalue weighted by Crippen LogP contribution is 2.11. The van der Waals surface area contributed by atoms with Crippen molar-refractivity contribution in [2.24, 2.45) is 0 Å². The Balaban J connectivity index is 2.01. The molecule has 0 saturated carbocycles. The lowest BCUT2D eigenvalue weighted by molar-refractivity contribution is -0.123. The van der Waals surface area contributed by atoms with Gasteiger partial charge in [0.25, 0.3) is 0 Å². The van der Waals surface area contributed by atoms with Gasteiger partial charge in [-0.15, -0.1) is 0 Å². The van der Waals surface area contributed by atoms with Crippen molar-refractivity contribution in [3.63, 3.8) is 0 Å². The molecular weight excluding hydrogens is 218 g/mol. The molecule has 1 unspecified atom stereocenters. The summed E-state index contributed by atoms with van der Waals surface area (Å²) >= 11 is 0. The molecule has 0 aromatic carbocycles. The number of carbonyl (C=O) groups excluding carboxylic acids is 1. The highest BCUT2D eigenvalue weighted by molar-refractivity contribution is 5.84. The Kier molecular flexibility index (Phi) is 3.74. The fourth-order valence-corrected chi connectivity index (χ4v) is 1.77. The molecule has 2 heterocycles. The standard InChI is InChI=1S/C11H17N5O/c1-2-12-11-14-7-5-9(16-11)15-8-4-3-6-13-10(8)17/h5,7-8H,2-4,6H2,1H3,(H,13,17)(H2,12,14,15,16). The number of hydrogen-bond donors (Lipinski definition) is 3. The van der Waals surface area contributed by atoms with Crippen LogP contribution in [0.4, 0.5) is 11.8 Å². The van der Waals surface area contributed by atoms with Gasteiger partial charge in [-0.2, -0.15) is 4.98 Å². The molecule has 1 amide bonds. The highest BCUT2D eigenvalue weighted by Gasteiger charge is 2.21. The van der Waals surface area contributed by atoms with Crippen LogP contribution in [0.2, 0.25) is 0 Å². The van der Waals surface area contributed by atoms with Gasteiger partial charge >= 0.3 is 0 Å². The topological polar surface area (TPSA) is 78.9 Å². The Morgan fingerprint density at radius 2 is 2.47 bits per heavy atom. The number of piperidine rings is 1. The first-order chi connectivity index (χ1) is 8.29. The van der Waals surface area contributed by atoms with Gasteiger partial charge in [-0.25, -0.2) is 4.98 Å². The van der Waals surface area contributed by atoms with E-state index in [2.05, 4.69) is 25.9 Å². The second-order valence-corrected chi connectivity index (χ2v) is 3.93. The van der Waals surface area contributed by atoms with Crippen LogP contribution < -0.4 is 16.0 Å². The summed E-state index contributed by atoms with van der Waals surface area (Å²) in [5, 5.41) is 8.99. The molecule has 6 heteroatoms. The summed E-state index contributed by atoms with van der Waals surface area (Å²) in [4.78, 5) is 19.9. The van der Waals surface area contributed by atoms with E-state index in [4.69, 9.17) is 0 Å². The number of amides is 1. The van der Waals surface area contributed by atoms with Crippen LogP contribution in [0.5, 0.6) is 0 Å². The van der Waals surface area contributed by atoms with Gasteiger partial charge in [0.1, 0.15) is 11.9 Å². The molecule has 1 aromatic rings. The maximum absolute atomic E-state index is 11.6. The van der Waals surface area contributed by atoms with Crippen molar-refractivity contribution < 1.29 is 4.79 Å². The summed E-state index contributed by atoms with van der Waals surface area (Å²) in [5.41, 5.74) is 0. The molecule has 3 N–H and O–H groups in total. The van der Waals surface area contributed by atoms with E-state index in [0.29, 0.717) is 11.8 Å². The zero-order valence-electron chi connectivity index (χ0n) is 9.86. The Morgan fingerprint density at radius 3 is 3.24 bits per heavy atom. The summed E-state index contributed by atoms with van der Waals surface area (Å²) < 4.78 is 0. The fourth-order valence-electron chi connectivity index (χ4n) is 1.77. The van der Waals surface area contributed by atoms with E-state index in [-0.39, 0.29) is 11.9 Å². The first kappa shape index (κ1) is 11.6. The quantitative estimate of drug-likeness (QED) is 0.712. The SMILES string of the molecule is CCNc1nccc(NC2CCCNC2=O)n1.